The van der Waals surface area contributed by atoms with E-state index in [0.717, 1.165) is 22.1 Å². The molecule has 0 aliphatic heterocycles. The van der Waals surface area contributed by atoms with Crippen LogP contribution in [0.3, 0.4) is 0 Å². The van der Waals surface area contributed by atoms with Gasteiger partial charge in [0.2, 0.25) is 0 Å². The van der Waals surface area contributed by atoms with Crippen molar-refractivity contribution in [2.45, 2.75) is 110 Å². The minimum Gasteiger partial charge on any atom is -0.363 e. The molecule has 0 saturated carbocycles. The van der Waals surface area contributed by atoms with Crippen molar-refractivity contribution < 1.29 is 13.7 Å². The van der Waals surface area contributed by atoms with Gasteiger partial charge in [-0.15, -0.1) is 0 Å². The molecule has 170 valence electrons. The summed E-state index contributed by atoms with van der Waals surface area (Å²) >= 11 is 0. The Morgan fingerprint density at radius 3 is 1.29 bits per heavy atom. The van der Waals surface area contributed by atoms with Gasteiger partial charge in [0, 0.05) is 0 Å². The van der Waals surface area contributed by atoms with Crippen molar-refractivity contribution in [1.82, 2.24) is 0 Å². The molecular weight excluding hydrogens is 344 g/mol. The zero-order valence-electron chi connectivity index (χ0n) is 21.1. The summed E-state index contributed by atoms with van der Waals surface area (Å²) in [5.41, 5.74) is 0. The molecule has 0 amide bonds. The van der Waals surface area contributed by atoms with E-state index in [-0.39, 0.29) is 0 Å². The highest BCUT2D eigenvalue weighted by molar-refractivity contribution is 4.61. The maximum atomic E-state index is 6.47. The standard InChI is InChI=1S/C25H56N2O/c1-9-10-11-12-13-14-15-16-17-18-19-20-21-24(2)28-25(22-26(3,4)5)23-27(6,7)8/h24-25H,9-23H2,1-8H3/q+2. The van der Waals surface area contributed by atoms with E-state index in [1.165, 1.54) is 83.5 Å². The number of hydrogen-bond donors (Lipinski definition) is 0. The molecule has 0 aromatic carbocycles. The molecule has 3 heteroatoms. The summed E-state index contributed by atoms with van der Waals surface area (Å²) in [5, 5.41) is 0. The molecule has 3 nitrogen and oxygen atoms in total. The van der Waals surface area contributed by atoms with Gasteiger partial charge in [-0.3, -0.25) is 0 Å². The van der Waals surface area contributed by atoms with Gasteiger partial charge in [-0.2, -0.15) is 0 Å². The fourth-order valence-electron chi connectivity index (χ4n) is 4.03. The van der Waals surface area contributed by atoms with E-state index in [0.29, 0.717) is 12.2 Å². The van der Waals surface area contributed by atoms with Crippen LogP contribution in [0.25, 0.3) is 0 Å². The molecule has 1 unspecified atom stereocenters. The molecule has 0 spiro atoms. The van der Waals surface area contributed by atoms with Crippen molar-refractivity contribution in [3.63, 3.8) is 0 Å². The third-order valence-electron chi connectivity index (χ3n) is 5.39. The molecule has 0 N–H and O–H groups in total. The third-order valence-corrected chi connectivity index (χ3v) is 5.39. The number of nitrogens with zero attached hydrogens (tertiary/aromatic N) is 2. The molecule has 0 aliphatic rings. The van der Waals surface area contributed by atoms with Crippen LogP contribution in [0.5, 0.6) is 0 Å². The molecule has 0 aromatic heterocycles. The third kappa shape index (κ3) is 20.6. The molecule has 0 aromatic rings. The molecule has 0 radical (unpaired) electrons. The van der Waals surface area contributed by atoms with E-state index in [4.69, 9.17) is 4.74 Å². The van der Waals surface area contributed by atoms with Crippen LogP contribution in [0.2, 0.25) is 0 Å². The van der Waals surface area contributed by atoms with E-state index >= 15 is 0 Å². The fraction of sp³-hybridized carbons (Fsp3) is 1.00. The van der Waals surface area contributed by atoms with Crippen LogP contribution in [0.15, 0.2) is 0 Å². The zero-order chi connectivity index (χ0) is 21.5. The summed E-state index contributed by atoms with van der Waals surface area (Å²) in [6.07, 6.45) is 18.9. The highest BCUT2D eigenvalue weighted by Gasteiger charge is 2.26. The summed E-state index contributed by atoms with van der Waals surface area (Å²) in [6, 6.07) is 0. The number of rotatable bonds is 19. The van der Waals surface area contributed by atoms with Gasteiger partial charge in [0.1, 0.15) is 13.1 Å². The van der Waals surface area contributed by atoms with Crippen LogP contribution in [-0.2, 0) is 4.74 Å². The molecule has 0 fully saturated rings. The van der Waals surface area contributed by atoms with Gasteiger partial charge in [0.05, 0.1) is 48.4 Å². The molecule has 0 bridgehead atoms. The normalized spacial score (nSPS) is 14.0. The molecule has 28 heavy (non-hydrogen) atoms. The molecule has 0 aliphatic carbocycles. The van der Waals surface area contributed by atoms with Crippen LogP contribution in [0.4, 0.5) is 0 Å². The predicted octanol–water partition coefficient (Wildman–Crippen LogP) is 6.26. The molecule has 0 saturated heterocycles. The van der Waals surface area contributed by atoms with Crippen molar-refractivity contribution in [1.29, 1.82) is 0 Å². The summed E-state index contributed by atoms with van der Waals surface area (Å²) in [7, 11) is 13.6. The Bertz CT molecular complexity index is 327. The van der Waals surface area contributed by atoms with Crippen LogP contribution in [0, 0.1) is 0 Å². The maximum absolute atomic E-state index is 6.47. The van der Waals surface area contributed by atoms with Gasteiger partial charge >= 0.3 is 0 Å². The monoisotopic (exact) mass is 400 g/mol. The van der Waals surface area contributed by atoms with Gasteiger partial charge in [-0.05, 0) is 13.3 Å². The highest BCUT2D eigenvalue weighted by atomic mass is 16.5. The smallest absolute Gasteiger partial charge is 0.155 e. The number of unbranched alkanes of at least 4 members (excludes halogenated alkanes) is 11. The van der Waals surface area contributed by atoms with Crippen molar-refractivity contribution in [2.24, 2.45) is 0 Å². The van der Waals surface area contributed by atoms with Crippen LogP contribution in [0.1, 0.15) is 97.3 Å². The Morgan fingerprint density at radius 2 is 0.929 bits per heavy atom. The lowest BCUT2D eigenvalue weighted by Crippen LogP contribution is -2.51. The number of likely N-dealkylation sites (N-methyl/N-ethyl adjacent to an activating group) is 2. The SMILES string of the molecule is CCCCCCCCCCCCCCC(C)OC(C[N+](C)(C)C)C[N+](C)(C)C. The lowest BCUT2D eigenvalue weighted by Gasteiger charge is -2.35. The first-order valence-electron chi connectivity index (χ1n) is 12.3. The second-order valence-electron chi connectivity index (χ2n) is 11.2. The second kappa shape index (κ2) is 15.7. The minimum absolute atomic E-state index is 0.340. The van der Waals surface area contributed by atoms with Crippen LogP contribution >= 0.6 is 0 Å². The second-order valence-corrected chi connectivity index (χ2v) is 11.2. The largest absolute Gasteiger partial charge is 0.363 e. The minimum atomic E-state index is 0.340. The Kier molecular flexibility index (Phi) is 15.6. The van der Waals surface area contributed by atoms with Crippen molar-refractivity contribution in [3.05, 3.63) is 0 Å². The van der Waals surface area contributed by atoms with Crippen molar-refractivity contribution in [3.8, 4) is 0 Å². The maximum Gasteiger partial charge on any atom is 0.155 e. The summed E-state index contributed by atoms with van der Waals surface area (Å²) in [4.78, 5) is 0. The van der Waals surface area contributed by atoms with Gasteiger partial charge in [0.25, 0.3) is 0 Å². The summed E-state index contributed by atoms with van der Waals surface area (Å²) < 4.78 is 8.41. The van der Waals surface area contributed by atoms with Crippen LogP contribution < -0.4 is 0 Å². The number of quaternary nitrogens is 2. The molecular formula is C25H56N2O+2. The first-order chi connectivity index (χ1) is 13.0. The predicted molar refractivity (Wildman–Crippen MR) is 126 cm³/mol. The first-order valence-corrected chi connectivity index (χ1v) is 12.3. The average molecular weight is 401 g/mol. The Labute approximate surface area is 179 Å². The summed E-state index contributed by atoms with van der Waals surface area (Å²) in [5.74, 6) is 0. The molecule has 0 heterocycles. The summed E-state index contributed by atoms with van der Waals surface area (Å²) in [6.45, 7) is 6.73. The fourth-order valence-corrected chi connectivity index (χ4v) is 4.03. The van der Waals surface area contributed by atoms with Gasteiger partial charge < -0.3 is 13.7 Å². The number of hydrogen-bond acceptors (Lipinski definition) is 1. The molecule has 1 atom stereocenters. The lowest BCUT2D eigenvalue weighted by atomic mass is 10.0. The van der Waals surface area contributed by atoms with Gasteiger partial charge in [-0.25, -0.2) is 0 Å². The lowest BCUT2D eigenvalue weighted by molar-refractivity contribution is -0.896. The van der Waals surface area contributed by atoms with Crippen molar-refractivity contribution in [2.75, 3.05) is 55.4 Å². The van der Waals surface area contributed by atoms with E-state index in [9.17, 15) is 0 Å². The van der Waals surface area contributed by atoms with E-state index in [2.05, 4.69) is 56.1 Å². The Balaban J connectivity index is 3.76. The van der Waals surface area contributed by atoms with E-state index in [1.807, 2.05) is 0 Å². The van der Waals surface area contributed by atoms with E-state index in [1.54, 1.807) is 0 Å². The van der Waals surface area contributed by atoms with Crippen molar-refractivity contribution >= 4 is 0 Å². The highest BCUT2D eigenvalue weighted by Crippen LogP contribution is 2.15. The van der Waals surface area contributed by atoms with E-state index < -0.39 is 0 Å². The quantitative estimate of drug-likeness (QED) is 0.183. The zero-order valence-corrected chi connectivity index (χ0v) is 21.1. The topological polar surface area (TPSA) is 9.23 Å². The van der Waals surface area contributed by atoms with Crippen LogP contribution in [-0.4, -0.2) is 76.5 Å². The molecule has 0 rings (SSSR count). The number of ether oxygens (including phenoxy) is 1. The van der Waals surface area contributed by atoms with Gasteiger partial charge in [-0.1, -0.05) is 84.0 Å². The van der Waals surface area contributed by atoms with Gasteiger partial charge in [0.15, 0.2) is 6.10 Å². The first kappa shape index (κ1) is 27.9. The average Bonchev–Trinajstić information content (AvgIpc) is 2.52. The Hall–Kier alpha value is -0.120. The Morgan fingerprint density at radius 1 is 0.571 bits per heavy atom.